The van der Waals surface area contributed by atoms with E-state index in [1.54, 1.807) is 13.3 Å². The first-order chi connectivity index (χ1) is 10.6. The second-order valence-electron chi connectivity index (χ2n) is 5.16. The number of carbonyl (C=O) groups excluding carboxylic acids is 1. The Labute approximate surface area is 130 Å². The summed E-state index contributed by atoms with van der Waals surface area (Å²) in [6.07, 6.45) is 1.93. The zero-order valence-electron chi connectivity index (χ0n) is 13.1. The minimum Gasteiger partial charge on any atom is -0.497 e. The van der Waals surface area contributed by atoms with Crippen LogP contribution >= 0.6 is 0 Å². The van der Waals surface area contributed by atoms with Crippen molar-refractivity contribution in [3.63, 3.8) is 0 Å². The first-order valence-electron chi connectivity index (χ1n) is 7.10. The average Bonchev–Trinajstić information content (AvgIpc) is 2.51. The number of ether oxygens (including phenoxy) is 1. The van der Waals surface area contributed by atoms with E-state index in [0.29, 0.717) is 6.42 Å². The van der Waals surface area contributed by atoms with Crippen LogP contribution in [-0.2, 0) is 11.2 Å². The molecular weight excluding hydrogens is 276 g/mol. The lowest BCUT2D eigenvalue weighted by atomic mass is 10.0. The van der Waals surface area contributed by atoms with E-state index in [1.807, 2.05) is 49.4 Å². The monoisotopic (exact) mass is 296 g/mol. The highest BCUT2D eigenvalue weighted by Crippen LogP contribution is 2.11. The smallest absolute Gasteiger partial charge is 0.244 e. The van der Waals surface area contributed by atoms with Gasteiger partial charge in [-0.2, -0.15) is 5.10 Å². The van der Waals surface area contributed by atoms with E-state index in [0.717, 1.165) is 16.9 Å². The molecule has 0 aromatic heterocycles. The largest absolute Gasteiger partial charge is 0.497 e. The summed E-state index contributed by atoms with van der Waals surface area (Å²) in [6.45, 7) is 4.09. The van der Waals surface area contributed by atoms with Crippen molar-refractivity contribution in [2.45, 2.75) is 20.3 Å². The number of aryl methyl sites for hydroxylation is 2. The zero-order valence-corrected chi connectivity index (χ0v) is 13.1. The predicted molar refractivity (Wildman–Crippen MR) is 88.4 cm³/mol. The van der Waals surface area contributed by atoms with Gasteiger partial charge in [0.15, 0.2) is 0 Å². The second kappa shape index (κ2) is 7.41. The fourth-order valence-corrected chi connectivity index (χ4v) is 2.01. The molecule has 1 N–H and O–H groups in total. The van der Waals surface area contributed by atoms with Gasteiger partial charge in [0.05, 0.1) is 19.7 Å². The lowest BCUT2D eigenvalue weighted by Gasteiger charge is -2.04. The van der Waals surface area contributed by atoms with Crippen molar-refractivity contribution in [2.75, 3.05) is 7.11 Å². The summed E-state index contributed by atoms with van der Waals surface area (Å²) in [5, 5.41) is 3.97. The van der Waals surface area contributed by atoms with E-state index in [2.05, 4.69) is 17.5 Å². The van der Waals surface area contributed by atoms with Crippen LogP contribution in [0.3, 0.4) is 0 Å². The highest BCUT2D eigenvalue weighted by molar-refractivity contribution is 5.83. The van der Waals surface area contributed by atoms with E-state index in [-0.39, 0.29) is 5.91 Å². The van der Waals surface area contributed by atoms with Crippen LogP contribution < -0.4 is 10.2 Å². The van der Waals surface area contributed by atoms with Crippen LogP contribution in [0.4, 0.5) is 0 Å². The van der Waals surface area contributed by atoms with Gasteiger partial charge >= 0.3 is 0 Å². The van der Waals surface area contributed by atoms with Crippen LogP contribution in [0.25, 0.3) is 0 Å². The highest BCUT2D eigenvalue weighted by Gasteiger charge is 2.03. The van der Waals surface area contributed by atoms with Gasteiger partial charge in [0, 0.05) is 0 Å². The molecule has 0 fully saturated rings. The number of nitrogens with zero attached hydrogens (tertiary/aromatic N) is 1. The number of benzene rings is 2. The third-order valence-corrected chi connectivity index (χ3v) is 3.45. The van der Waals surface area contributed by atoms with Gasteiger partial charge < -0.3 is 4.74 Å². The number of hydrazone groups is 1. The maximum absolute atomic E-state index is 11.9. The quantitative estimate of drug-likeness (QED) is 0.681. The molecule has 0 bridgehead atoms. The summed E-state index contributed by atoms with van der Waals surface area (Å²) in [6, 6.07) is 13.5. The molecule has 114 valence electrons. The molecule has 2 rings (SSSR count). The van der Waals surface area contributed by atoms with Crippen molar-refractivity contribution in [2.24, 2.45) is 5.10 Å². The van der Waals surface area contributed by atoms with Crippen molar-refractivity contribution in [3.05, 3.63) is 64.7 Å². The molecule has 0 aliphatic heterocycles. The van der Waals surface area contributed by atoms with Crippen molar-refractivity contribution >= 4 is 12.1 Å². The molecule has 2 aromatic rings. The number of nitrogens with one attached hydrogen (secondary N) is 1. The maximum atomic E-state index is 11.9. The Hall–Kier alpha value is -2.62. The molecule has 0 saturated carbocycles. The van der Waals surface area contributed by atoms with Crippen LogP contribution in [0, 0.1) is 13.8 Å². The Balaban J connectivity index is 1.88. The molecular formula is C18H20N2O2. The topological polar surface area (TPSA) is 50.7 Å². The first-order valence-corrected chi connectivity index (χ1v) is 7.10. The Morgan fingerprint density at radius 2 is 1.86 bits per heavy atom. The zero-order chi connectivity index (χ0) is 15.9. The Kier molecular flexibility index (Phi) is 5.31. The molecule has 0 radical (unpaired) electrons. The van der Waals surface area contributed by atoms with Gasteiger partial charge in [0.1, 0.15) is 5.75 Å². The number of hydrogen-bond donors (Lipinski definition) is 1. The molecule has 4 heteroatoms. The van der Waals surface area contributed by atoms with Crippen LogP contribution in [0.2, 0.25) is 0 Å². The molecule has 0 atom stereocenters. The lowest BCUT2D eigenvalue weighted by molar-refractivity contribution is -0.120. The minimum absolute atomic E-state index is 0.131. The van der Waals surface area contributed by atoms with Crippen LogP contribution in [0.1, 0.15) is 22.3 Å². The van der Waals surface area contributed by atoms with E-state index in [9.17, 15) is 4.79 Å². The van der Waals surface area contributed by atoms with Crippen molar-refractivity contribution in [3.8, 4) is 5.75 Å². The normalized spacial score (nSPS) is 10.7. The minimum atomic E-state index is -0.131. The number of hydrogen-bond acceptors (Lipinski definition) is 3. The van der Waals surface area contributed by atoms with E-state index >= 15 is 0 Å². The standard InChI is InChI=1S/C18H20N2O2/c1-13-4-5-16(10-14(13)2)11-18(21)20-19-12-15-6-8-17(22-3)9-7-15/h4-10,12H,11H2,1-3H3,(H,20,21)/b19-12-. The van der Waals surface area contributed by atoms with E-state index in [4.69, 9.17) is 4.74 Å². The van der Waals surface area contributed by atoms with E-state index in [1.165, 1.54) is 11.1 Å². The number of methoxy groups -OCH3 is 1. The van der Waals surface area contributed by atoms with Gasteiger partial charge in [0.2, 0.25) is 5.91 Å². The van der Waals surface area contributed by atoms with Gasteiger partial charge in [-0.15, -0.1) is 0 Å². The Morgan fingerprint density at radius 3 is 2.50 bits per heavy atom. The summed E-state index contributed by atoms with van der Waals surface area (Å²) < 4.78 is 5.08. The maximum Gasteiger partial charge on any atom is 0.244 e. The van der Waals surface area contributed by atoms with Crippen LogP contribution in [0.5, 0.6) is 5.75 Å². The number of amides is 1. The molecule has 0 unspecified atom stereocenters. The molecule has 0 aliphatic carbocycles. The Bertz CT molecular complexity index is 676. The molecule has 0 heterocycles. The number of rotatable bonds is 5. The highest BCUT2D eigenvalue weighted by atomic mass is 16.5. The molecule has 0 spiro atoms. The summed E-state index contributed by atoms with van der Waals surface area (Å²) >= 11 is 0. The average molecular weight is 296 g/mol. The molecule has 0 aliphatic rings. The van der Waals surface area contributed by atoms with Crippen LogP contribution in [0.15, 0.2) is 47.6 Å². The first kappa shape index (κ1) is 15.8. The van der Waals surface area contributed by atoms with Gasteiger partial charge in [-0.05, 0) is 60.4 Å². The summed E-state index contributed by atoms with van der Waals surface area (Å²) in [7, 11) is 1.62. The molecule has 22 heavy (non-hydrogen) atoms. The third kappa shape index (κ3) is 4.45. The van der Waals surface area contributed by atoms with E-state index < -0.39 is 0 Å². The van der Waals surface area contributed by atoms with Gasteiger partial charge in [-0.1, -0.05) is 18.2 Å². The molecule has 0 saturated heterocycles. The Morgan fingerprint density at radius 1 is 1.14 bits per heavy atom. The van der Waals surface area contributed by atoms with Crippen molar-refractivity contribution in [1.29, 1.82) is 0 Å². The molecule has 1 amide bonds. The fourth-order valence-electron chi connectivity index (χ4n) is 2.01. The molecule has 4 nitrogen and oxygen atoms in total. The van der Waals surface area contributed by atoms with Crippen molar-refractivity contribution in [1.82, 2.24) is 5.43 Å². The third-order valence-electron chi connectivity index (χ3n) is 3.45. The summed E-state index contributed by atoms with van der Waals surface area (Å²) in [5.74, 6) is 0.656. The van der Waals surface area contributed by atoms with Gasteiger partial charge in [-0.3, -0.25) is 4.79 Å². The fraction of sp³-hybridized carbons (Fsp3) is 0.222. The number of carbonyl (C=O) groups is 1. The predicted octanol–water partition coefficient (Wildman–Crippen LogP) is 3.00. The summed E-state index contributed by atoms with van der Waals surface area (Å²) in [5.41, 5.74) is 6.83. The van der Waals surface area contributed by atoms with Gasteiger partial charge in [0.25, 0.3) is 0 Å². The SMILES string of the molecule is COc1ccc(/C=N\NC(=O)Cc2ccc(C)c(C)c2)cc1. The van der Waals surface area contributed by atoms with Crippen LogP contribution in [-0.4, -0.2) is 19.2 Å². The van der Waals surface area contributed by atoms with Gasteiger partial charge in [-0.25, -0.2) is 5.43 Å². The van der Waals surface area contributed by atoms with Crippen molar-refractivity contribution < 1.29 is 9.53 Å². The lowest BCUT2D eigenvalue weighted by Crippen LogP contribution is -2.19. The molecule has 2 aromatic carbocycles. The second-order valence-corrected chi connectivity index (χ2v) is 5.16. The summed E-state index contributed by atoms with van der Waals surface area (Å²) in [4.78, 5) is 11.9.